The van der Waals surface area contributed by atoms with Gasteiger partial charge in [0.2, 0.25) is 0 Å². The molecule has 0 amide bonds. The number of rotatable bonds is 3. The number of thiocarbonyl (C=S) groups is 1. The zero-order valence-electron chi connectivity index (χ0n) is 14.1. The molecule has 25 heavy (non-hydrogen) atoms. The summed E-state index contributed by atoms with van der Waals surface area (Å²) in [5, 5.41) is 5.58. The van der Waals surface area contributed by atoms with Crippen LogP contribution in [-0.2, 0) is 6.54 Å². The molecular formula is C19H21Cl2N3S. The third-order valence-electron chi connectivity index (χ3n) is 4.40. The van der Waals surface area contributed by atoms with Crippen molar-refractivity contribution in [3.63, 3.8) is 0 Å². The molecule has 1 fully saturated rings. The number of aryl methyl sites for hydroxylation is 1. The topological polar surface area (TPSA) is 18.5 Å². The molecule has 1 aliphatic heterocycles. The van der Waals surface area contributed by atoms with E-state index in [2.05, 4.69) is 27.2 Å². The Morgan fingerprint density at radius 1 is 1.04 bits per heavy atom. The summed E-state index contributed by atoms with van der Waals surface area (Å²) in [6.45, 7) is 6.74. The molecule has 0 saturated carbocycles. The second kappa shape index (κ2) is 8.37. The Hall–Kier alpha value is -1.33. The van der Waals surface area contributed by atoms with Crippen molar-refractivity contribution in [1.82, 2.24) is 9.80 Å². The number of hydrogen-bond donors (Lipinski definition) is 1. The van der Waals surface area contributed by atoms with Crippen molar-refractivity contribution >= 4 is 46.2 Å². The van der Waals surface area contributed by atoms with E-state index in [0.29, 0.717) is 0 Å². The van der Waals surface area contributed by atoms with Gasteiger partial charge < -0.3 is 10.2 Å². The predicted octanol–water partition coefficient (Wildman–Crippen LogP) is 4.82. The molecule has 1 N–H and O–H groups in total. The Bertz CT molecular complexity index is 741. The minimum Gasteiger partial charge on any atom is -0.346 e. The molecule has 0 spiro atoms. The fourth-order valence-corrected chi connectivity index (χ4v) is 3.44. The van der Waals surface area contributed by atoms with Crippen LogP contribution in [0.2, 0.25) is 10.0 Å². The molecule has 2 aromatic rings. The average molecular weight is 394 g/mol. The molecule has 0 atom stereocenters. The van der Waals surface area contributed by atoms with Gasteiger partial charge in [0.05, 0.1) is 0 Å². The Morgan fingerprint density at radius 3 is 2.36 bits per heavy atom. The second-order valence-corrected chi connectivity index (χ2v) is 7.51. The maximum Gasteiger partial charge on any atom is 0.173 e. The zero-order valence-corrected chi connectivity index (χ0v) is 16.5. The number of piperazine rings is 1. The van der Waals surface area contributed by atoms with E-state index in [-0.39, 0.29) is 0 Å². The van der Waals surface area contributed by atoms with Crippen LogP contribution in [0.4, 0.5) is 5.69 Å². The van der Waals surface area contributed by atoms with Gasteiger partial charge in [-0.3, -0.25) is 4.90 Å². The smallest absolute Gasteiger partial charge is 0.173 e. The first-order chi connectivity index (χ1) is 12.0. The van der Waals surface area contributed by atoms with Crippen LogP contribution in [-0.4, -0.2) is 41.1 Å². The lowest BCUT2D eigenvalue weighted by atomic mass is 10.2. The standard InChI is InChI=1S/C19H21Cl2N3S/c1-14-2-7-17(12-18(14)21)22-19(25)24-10-8-23(9-11-24)13-15-3-5-16(20)6-4-15/h2-7,12H,8-11,13H2,1H3,(H,22,25). The van der Waals surface area contributed by atoms with Gasteiger partial charge in [-0.15, -0.1) is 0 Å². The van der Waals surface area contributed by atoms with Gasteiger partial charge >= 0.3 is 0 Å². The molecule has 0 bridgehead atoms. The number of nitrogens with zero attached hydrogens (tertiary/aromatic N) is 2. The summed E-state index contributed by atoms with van der Waals surface area (Å²) >= 11 is 17.7. The highest BCUT2D eigenvalue weighted by Crippen LogP contribution is 2.20. The molecule has 2 aromatic carbocycles. The third-order valence-corrected chi connectivity index (χ3v) is 5.42. The molecule has 1 aliphatic rings. The summed E-state index contributed by atoms with van der Waals surface area (Å²) in [5.41, 5.74) is 3.28. The first-order valence-corrected chi connectivity index (χ1v) is 9.46. The molecule has 0 radical (unpaired) electrons. The lowest BCUT2D eigenvalue weighted by molar-refractivity contribution is 0.177. The molecule has 3 rings (SSSR count). The zero-order chi connectivity index (χ0) is 17.8. The van der Waals surface area contributed by atoms with Crippen LogP contribution >= 0.6 is 35.4 Å². The Kier molecular flexibility index (Phi) is 6.18. The third kappa shape index (κ3) is 5.08. The number of hydrogen-bond acceptors (Lipinski definition) is 2. The maximum atomic E-state index is 6.18. The van der Waals surface area contributed by atoms with E-state index in [1.54, 1.807) is 0 Å². The average Bonchev–Trinajstić information content (AvgIpc) is 2.61. The van der Waals surface area contributed by atoms with Crippen molar-refractivity contribution in [2.75, 3.05) is 31.5 Å². The van der Waals surface area contributed by atoms with Crippen LogP contribution in [0.25, 0.3) is 0 Å². The summed E-state index contributed by atoms with van der Waals surface area (Å²) in [6, 6.07) is 14.0. The van der Waals surface area contributed by atoms with E-state index in [0.717, 1.165) is 59.1 Å². The second-order valence-electron chi connectivity index (χ2n) is 6.28. The van der Waals surface area contributed by atoms with Crippen molar-refractivity contribution in [3.8, 4) is 0 Å². The summed E-state index contributed by atoms with van der Waals surface area (Å²) in [6.07, 6.45) is 0. The van der Waals surface area contributed by atoms with Crippen LogP contribution in [0.5, 0.6) is 0 Å². The fraction of sp³-hybridized carbons (Fsp3) is 0.316. The predicted molar refractivity (Wildman–Crippen MR) is 111 cm³/mol. The molecule has 0 unspecified atom stereocenters. The highest BCUT2D eigenvalue weighted by Gasteiger charge is 2.19. The van der Waals surface area contributed by atoms with Crippen molar-refractivity contribution < 1.29 is 0 Å². The highest BCUT2D eigenvalue weighted by molar-refractivity contribution is 7.80. The van der Waals surface area contributed by atoms with E-state index in [1.165, 1.54) is 5.56 Å². The normalized spacial score (nSPS) is 15.2. The van der Waals surface area contributed by atoms with Gasteiger partial charge in [-0.25, -0.2) is 0 Å². The van der Waals surface area contributed by atoms with Crippen LogP contribution in [0.3, 0.4) is 0 Å². The minimum absolute atomic E-state index is 0.751. The van der Waals surface area contributed by atoms with E-state index in [1.807, 2.05) is 37.3 Å². The Labute approximate surface area is 164 Å². The summed E-state index contributed by atoms with van der Waals surface area (Å²) in [4.78, 5) is 4.65. The van der Waals surface area contributed by atoms with Crippen LogP contribution in [0.1, 0.15) is 11.1 Å². The maximum absolute atomic E-state index is 6.18. The number of anilines is 1. The van der Waals surface area contributed by atoms with Gasteiger partial charge in [0.15, 0.2) is 5.11 Å². The van der Waals surface area contributed by atoms with E-state index < -0.39 is 0 Å². The van der Waals surface area contributed by atoms with Crippen LogP contribution < -0.4 is 5.32 Å². The Balaban J connectivity index is 1.50. The first kappa shape index (κ1) is 18.5. The molecule has 0 aliphatic carbocycles. The number of halogens is 2. The van der Waals surface area contributed by atoms with E-state index in [9.17, 15) is 0 Å². The lowest BCUT2D eigenvalue weighted by Gasteiger charge is -2.36. The van der Waals surface area contributed by atoms with E-state index in [4.69, 9.17) is 35.4 Å². The SMILES string of the molecule is Cc1ccc(NC(=S)N2CCN(Cc3ccc(Cl)cc3)CC2)cc1Cl. The molecular weight excluding hydrogens is 373 g/mol. The van der Waals surface area contributed by atoms with Gasteiger partial charge in [0.25, 0.3) is 0 Å². The molecule has 6 heteroatoms. The molecule has 3 nitrogen and oxygen atoms in total. The van der Waals surface area contributed by atoms with Crippen molar-refractivity contribution in [3.05, 3.63) is 63.6 Å². The largest absolute Gasteiger partial charge is 0.346 e. The van der Waals surface area contributed by atoms with Crippen molar-refractivity contribution in [2.24, 2.45) is 0 Å². The van der Waals surface area contributed by atoms with Crippen LogP contribution in [0, 0.1) is 6.92 Å². The first-order valence-electron chi connectivity index (χ1n) is 8.30. The quantitative estimate of drug-likeness (QED) is 0.753. The van der Waals surface area contributed by atoms with Gasteiger partial charge in [-0.05, 0) is 54.5 Å². The Morgan fingerprint density at radius 2 is 1.72 bits per heavy atom. The van der Waals surface area contributed by atoms with Gasteiger partial charge in [-0.2, -0.15) is 0 Å². The fourth-order valence-electron chi connectivity index (χ4n) is 2.83. The molecule has 1 saturated heterocycles. The van der Waals surface area contributed by atoms with Crippen molar-refractivity contribution in [2.45, 2.75) is 13.5 Å². The lowest BCUT2D eigenvalue weighted by Crippen LogP contribution is -2.49. The van der Waals surface area contributed by atoms with Gasteiger partial charge in [0.1, 0.15) is 0 Å². The molecule has 132 valence electrons. The van der Waals surface area contributed by atoms with Gasteiger partial charge in [-0.1, -0.05) is 41.4 Å². The minimum atomic E-state index is 0.751. The summed E-state index contributed by atoms with van der Waals surface area (Å²) in [7, 11) is 0. The monoisotopic (exact) mass is 393 g/mol. The van der Waals surface area contributed by atoms with E-state index >= 15 is 0 Å². The summed E-state index contributed by atoms with van der Waals surface area (Å²) in [5.74, 6) is 0. The molecule has 0 aromatic heterocycles. The summed E-state index contributed by atoms with van der Waals surface area (Å²) < 4.78 is 0. The number of nitrogens with one attached hydrogen (secondary N) is 1. The van der Waals surface area contributed by atoms with Gasteiger partial charge in [0, 0.05) is 48.5 Å². The van der Waals surface area contributed by atoms with Crippen LogP contribution in [0.15, 0.2) is 42.5 Å². The van der Waals surface area contributed by atoms with Crippen molar-refractivity contribution in [1.29, 1.82) is 0 Å². The molecule has 1 heterocycles. The number of benzene rings is 2. The highest BCUT2D eigenvalue weighted by atomic mass is 35.5.